The molecular weight excluding hydrogens is 365 g/mol. The van der Waals surface area contributed by atoms with Crippen LogP contribution >= 0.6 is 0 Å². The van der Waals surface area contributed by atoms with E-state index in [1.807, 2.05) is 4.72 Å². The van der Waals surface area contributed by atoms with Gasteiger partial charge in [-0.1, -0.05) is 0 Å². The van der Waals surface area contributed by atoms with E-state index in [4.69, 9.17) is 9.47 Å². The fourth-order valence-corrected chi connectivity index (χ4v) is 3.96. The molecule has 1 aliphatic heterocycles. The molecule has 1 aromatic carbocycles. The van der Waals surface area contributed by atoms with Gasteiger partial charge in [0.05, 0.1) is 6.61 Å². The molecule has 0 bridgehead atoms. The number of aliphatic hydroxyl groups is 1. The number of fused-ring (bicyclic) bond motifs is 1. The summed E-state index contributed by atoms with van der Waals surface area (Å²) < 4.78 is 49.5. The number of carbonyl (C=O) groups excluding carboxylic acids is 1. The Morgan fingerprint density at radius 1 is 1.31 bits per heavy atom. The van der Waals surface area contributed by atoms with Gasteiger partial charge in [0.2, 0.25) is 10.0 Å². The third-order valence-electron chi connectivity index (χ3n) is 4.40. The van der Waals surface area contributed by atoms with Gasteiger partial charge in [0, 0.05) is 18.1 Å². The third kappa shape index (κ3) is 3.64. The number of benzene rings is 1. The van der Waals surface area contributed by atoms with Gasteiger partial charge in [0.15, 0.2) is 0 Å². The van der Waals surface area contributed by atoms with E-state index in [1.165, 1.54) is 19.9 Å². The molecule has 0 aliphatic carbocycles. The Morgan fingerprint density at radius 2 is 1.92 bits per heavy atom. The number of hydrogen-bond donors (Lipinski definition) is 2. The summed E-state index contributed by atoms with van der Waals surface area (Å²) in [6.45, 7) is 7.37. The number of amides is 1. The van der Waals surface area contributed by atoms with Crippen LogP contribution in [0.25, 0.3) is 0 Å². The van der Waals surface area contributed by atoms with Gasteiger partial charge in [0.25, 0.3) is 0 Å². The normalized spacial score (nSPS) is 20.7. The third-order valence-corrected chi connectivity index (χ3v) is 6.51. The average Bonchev–Trinajstić information content (AvgIpc) is 2.43. The van der Waals surface area contributed by atoms with Gasteiger partial charge >= 0.3 is 6.09 Å². The highest BCUT2D eigenvalue weighted by Gasteiger charge is 2.56. The lowest BCUT2D eigenvalue weighted by molar-refractivity contribution is -0.0321. The van der Waals surface area contributed by atoms with Crippen molar-refractivity contribution in [2.75, 3.05) is 6.61 Å². The second-order valence-corrected chi connectivity index (χ2v) is 9.95. The van der Waals surface area contributed by atoms with Gasteiger partial charge in [-0.25, -0.2) is 22.3 Å². The van der Waals surface area contributed by atoms with Crippen LogP contribution in [-0.4, -0.2) is 36.6 Å². The van der Waals surface area contributed by atoms with Crippen molar-refractivity contribution >= 4 is 16.1 Å². The van der Waals surface area contributed by atoms with Crippen molar-refractivity contribution in [2.24, 2.45) is 0 Å². The maximum Gasteiger partial charge on any atom is 0.421 e. The minimum atomic E-state index is -4.37. The molecule has 1 heterocycles. The molecule has 0 saturated carbocycles. The quantitative estimate of drug-likeness (QED) is 0.823. The highest BCUT2D eigenvalue weighted by atomic mass is 32.2. The van der Waals surface area contributed by atoms with Gasteiger partial charge in [-0.05, 0) is 46.8 Å². The number of carbonyl (C=O) groups is 1. The van der Waals surface area contributed by atoms with Crippen LogP contribution in [0.15, 0.2) is 18.2 Å². The van der Waals surface area contributed by atoms with Gasteiger partial charge in [-0.2, -0.15) is 0 Å². The highest BCUT2D eigenvalue weighted by Crippen LogP contribution is 2.47. The van der Waals surface area contributed by atoms with Crippen LogP contribution in [0.4, 0.5) is 9.18 Å². The molecule has 146 valence electrons. The zero-order valence-electron chi connectivity index (χ0n) is 15.4. The van der Waals surface area contributed by atoms with Crippen molar-refractivity contribution in [3.63, 3.8) is 0 Å². The van der Waals surface area contributed by atoms with Crippen LogP contribution in [0, 0.1) is 5.82 Å². The van der Waals surface area contributed by atoms with Crippen molar-refractivity contribution in [3.8, 4) is 5.75 Å². The smallest absolute Gasteiger partial charge is 0.421 e. The van der Waals surface area contributed by atoms with Crippen LogP contribution in [0.1, 0.15) is 46.6 Å². The van der Waals surface area contributed by atoms with Crippen LogP contribution in [-0.2, 0) is 20.4 Å². The Labute approximate surface area is 152 Å². The molecule has 9 heteroatoms. The minimum absolute atomic E-state index is 0.00165. The van der Waals surface area contributed by atoms with Crippen LogP contribution < -0.4 is 9.46 Å². The number of sulfonamides is 1. The second-order valence-electron chi connectivity index (χ2n) is 7.72. The number of nitrogens with one attached hydrogen (secondary N) is 1. The topological polar surface area (TPSA) is 102 Å². The van der Waals surface area contributed by atoms with Gasteiger partial charge in [-0.15, -0.1) is 0 Å². The molecule has 1 aliphatic rings. The molecule has 26 heavy (non-hydrogen) atoms. The van der Waals surface area contributed by atoms with Gasteiger partial charge in [-0.3, -0.25) is 0 Å². The lowest BCUT2D eigenvalue weighted by Gasteiger charge is -2.44. The molecule has 1 atom stereocenters. The molecule has 7 nitrogen and oxygen atoms in total. The lowest BCUT2D eigenvalue weighted by atomic mass is 9.78. The molecule has 2 rings (SSSR count). The van der Waals surface area contributed by atoms with E-state index in [0.29, 0.717) is 0 Å². The summed E-state index contributed by atoms with van der Waals surface area (Å²) in [6.07, 6.45) is -1.19. The first kappa shape index (κ1) is 20.4. The Balaban J connectivity index is 2.42. The Morgan fingerprint density at radius 3 is 2.50 bits per heavy atom. The largest absolute Gasteiger partial charge is 0.493 e. The zero-order valence-corrected chi connectivity index (χ0v) is 16.2. The van der Waals surface area contributed by atoms with Crippen molar-refractivity contribution in [1.29, 1.82) is 0 Å². The van der Waals surface area contributed by atoms with Crippen LogP contribution in [0.3, 0.4) is 0 Å². The molecule has 0 saturated heterocycles. The summed E-state index contributed by atoms with van der Waals surface area (Å²) in [5, 5.41) is 11.2. The van der Waals surface area contributed by atoms with Crippen molar-refractivity contribution in [2.45, 2.75) is 57.0 Å². The Hall–Kier alpha value is -1.87. The molecule has 1 amide bonds. The molecule has 1 unspecified atom stereocenters. The summed E-state index contributed by atoms with van der Waals surface area (Å²) in [4.78, 5) is 11.9. The van der Waals surface area contributed by atoms with Gasteiger partial charge in [0.1, 0.15) is 27.5 Å². The minimum Gasteiger partial charge on any atom is -0.493 e. The zero-order chi connectivity index (χ0) is 20.0. The van der Waals surface area contributed by atoms with E-state index in [0.717, 1.165) is 12.1 Å². The number of hydrogen-bond acceptors (Lipinski definition) is 6. The fraction of sp³-hybridized carbons (Fsp3) is 0.588. The Bertz CT molecular complexity index is 815. The molecule has 1 aromatic rings. The van der Waals surface area contributed by atoms with E-state index < -0.39 is 37.9 Å². The second kappa shape index (κ2) is 6.38. The number of halogens is 1. The molecule has 0 fully saturated rings. The van der Waals surface area contributed by atoms with Crippen LogP contribution in [0.2, 0.25) is 0 Å². The Kier molecular flexibility index (Phi) is 5.02. The lowest BCUT2D eigenvalue weighted by Crippen LogP contribution is -2.59. The molecule has 0 radical (unpaired) electrons. The first-order valence-corrected chi connectivity index (χ1v) is 9.58. The summed E-state index contributed by atoms with van der Waals surface area (Å²) in [6, 6.07) is 3.49. The SMILES string of the molecule is CC(C)(C)OC(=O)NS(=O)(=O)C(C)(C)C1(O)CCOc2cc(F)ccc21. The van der Waals surface area contributed by atoms with Gasteiger partial charge < -0.3 is 14.6 Å². The maximum atomic E-state index is 13.5. The van der Waals surface area contributed by atoms with E-state index >= 15 is 0 Å². The van der Waals surface area contributed by atoms with E-state index in [9.17, 15) is 22.7 Å². The summed E-state index contributed by atoms with van der Waals surface area (Å²) in [5.74, 6) is -0.500. The number of ether oxygens (including phenoxy) is 2. The van der Waals surface area contributed by atoms with E-state index in [-0.39, 0.29) is 24.3 Å². The predicted octanol–water partition coefficient (Wildman–Crippen LogP) is 2.43. The average molecular weight is 389 g/mol. The highest BCUT2D eigenvalue weighted by molar-refractivity contribution is 7.91. The first-order valence-electron chi connectivity index (χ1n) is 8.10. The van der Waals surface area contributed by atoms with Crippen molar-refractivity contribution in [1.82, 2.24) is 4.72 Å². The maximum absolute atomic E-state index is 13.5. The number of rotatable bonds is 3. The predicted molar refractivity (Wildman–Crippen MR) is 92.8 cm³/mol. The summed E-state index contributed by atoms with van der Waals surface area (Å²) >= 11 is 0. The van der Waals surface area contributed by atoms with Crippen molar-refractivity contribution < 1.29 is 32.2 Å². The first-order chi connectivity index (χ1) is 11.7. The molecular formula is C17H24FNO6S. The molecule has 0 aromatic heterocycles. The monoisotopic (exact) mass is 389 g/mol. The van der Waals surface area contributed by atoms with Crippen LogP contribution in [0.5, 0.6) is 5.75 Å². The summed E-state index contributed by atoms with van der Waals surface area (Å²) in [7, 11) is -4.37. The van der Waals surface area contributed by atoms with E-state index in [2.05, 4.69) is 0 Å². The molecule has 2 N–H and O–H groups in total. The van der Waals surface area contributed by atoms with Crippen molar-refractivity contribution in [3.05, 3.63) is 29.6 Å². The standard InChI is InChI=1S/C17H24FNO6S/c1-15(2,3)25-14(20)19-26(22,23)16(4,5)17(21)8-9-24-13-10-11(18)6-7-12(13)17/h6-7,10,21H,8-9H2,1-5H3,(H,19,20). The van der Waals surface area contributed by atoms with E-state index in [1.54, 1.807) is 20.8 Å². The molecule has 0 spiro atoms. The fourth-order valence-electron chi connectivity index (χ4n) is 2.78. The summed E-state index contributed by atoms with van der Waals surface area (Å²) in [5.41, 5.74) is -2.64.